The predicted molar refractivity (Wildman–Crippen MR) is 98.7 cm³/mol. The zero-order valence-electron chi connectivity index (χ0n) is 14.0. The Balaban J connectivity index is 1.78. The average molecular weight is 322 g/mol. The number of H-pyrrole nitrogens is 1. The highest BCUT2D eigenvalue weighted by molar-refractivity contribution is 5.78. The summed E-state index contributed by atoms with van der Waals surface area (Å²) in [6.45, 7) is 7.36. The fourth-order valence-corrected chi connectivity index (χ4v) is 2.68. The molecule has 5 heteroatoms. The number of aromatic nitrogens is 2. The van der Waals surface area contributed by atoms with Gasteiger partial charge in [0.1, 0.15) is 0 Å². The third-order valence-corrected chi connectivity index (χ3v) is 4.13. The van der Waals surface area contributed by atoms with E-state index in [9.17, 15) is 4.79 Å². The van der Waals surface area contributed by atoms with E-state index >= 15 is 0 Å². The summed E-state index contributed by atoms with van der Waals surface area (Å²) in [5.74, 6) is 0.454. The number of fused-ring (bicyclic) bond motifs is 1. The zero-order valence-corrected chi connectivity index (χ0v) is 14.0. The van der Waals surface area contributed by atoms with Gasteiger partial charge in [-0.2, -0.15) is 0 Å². The summed E-state index contributed by atoms with van der Waals surface area (Å²) < 4.78 is 0. The van der Waals surface area contributed by atoms with Gasteiger partial charge in [0.25, 0.3) is 5.56 Å². The van der Waals surface area contributed by atoms with Crippen molar-refractivity contribution in [3.8, 4) is 0 Å². The maximum atomic E-state index is 12.1. The van der Waals surface area contributed by atoms with Gasteiger partial charge >= 0.3 is 0 Å². The van der Waals surface area contributed by atoms with Crippen molar-refractivity contribution in [1.29, 1.82) is 0 Å². The van der Waals surface area contributed by atoms with Gasteiger partial charge in [-0.25, -0.2) is 4.98 Å². The van der Waals surface area contributed by atoms with Gasteiger partial charge in [-0.1, -0.05) is 38.1 Å². The zero-order chi connectivity index (χ0) is 16.9. The number of anilines is 2. The molecule has 0 radical (unpaired) electrons. The van der Waals surface area contributed by atoms with E-state index in [1.165, 1.54) is 5.56 Å². The van der Waals surface area contributed by atoms with Crippen molar-refractivity contribution in [1.82, 2.24) is 14.9 Å². The highest BCUT2D eigenvalue weighted by Gasteiger charge is 2.04. The van der Waals surface area contributed by atoms with Gasteiger partial charge in [0.15, 0.2) is 0 Å². The van der Waals surface area contributed by atoms with Crippen LogP contribution in [0.1, 0.15) is 19.4 Å². The monoisotopic (exact) mass is 322 g/mol. The molecule has 0 aliphatic rings. The topological polar surface area (TPSA) is 61.0 Å². The first kappa shape index (κ1) is 16.2. The van der Waals surface area contributed by atoms with Gasteiger partial charge in [-0.15, -0.1) is 0 Å². The van der Waals surface area contributed by atoms with Gasteiger partial charge in [0, 0.05) is 12.2 Å². The number of rotatable bonds is 6. The minimum absolute atomic E-state index is 0.138. The SMILES string of the molecule is CCN(CC)Cc1ccc(Nc2nc3ccccc3c(=O)[nH]2)cc1. The third kappa shape index (κ3) is 3.63. The molecule has 0 saturated carbocycles. The van der Waals surface area contributed by atoms with E-state index in [-0.39, 0.29) is 5.56 Å². The maximum absolute atomic E-state index is 12.1. The predicted octanol–water partition coefficient (Wildman–Crippen LogP) is 3.51. The van der Waals surface area contributed by atoms with Crippen molar-refractivity contribution in [3.05, 3.63) is 64.4 Å². The smallest absolute Gasteiger partial charge is 0.260 e. The van der Waals surface area contributed by atoms with Crippen molar-refractivity contribution in [2.45, 2.75) is 20.4 Å². The van der Waals surface area contributed by atoms with Crippen LogP contribution in [0.3, 0.4) is 0 Å². The molecular formula is C19H22N4O. The Morgan fingerprint density at radius 1 is 1.04 bits per heavy atom. The molecule has 0 saturated heterocycles. The summed E-state index contributed by atoms with van der Waals surface area (Å²) in [5, 5.41) is 3.76. The van der Waals surface area contributed by atoms with Crippen molar-refractivity contribution in [3.63, 3.8) is 0 Å². The Bertz CT molecular complexity index is 866. The van der Waals surface area contributed by atoms with Crippen molar-refractivity contribution < 1.29 is 0 Å². The number of nitrogens with zero attached hydrogens (tertiary/aromatic N) is 2. The summed E-state index contributed by atoms with van der Waals surface area (Å²) >= 11 is 0. The molecule has 0 atom stereocenters. The quantitative estimate of drug-likeness (QED) is 0.729. The highest BCUT2D eigenvalue weighted by atomic mass is 16.1. The van der Waals surface area contributed by atoms with Crippen LogP contribution in [0.5, 0.6) is 0 Å². The molecule has 3 rings (SSSR count). The summed E-state index contributed by atoms with van der Waals surface area (Å²) in [6.07, 6.45) is 0. The fourth-order valence-electron chi connectivity index (χ4n) is 2.68. The minimum atomic E-state index is -0.138. The summed E-state index contributed by atoms with van der Waals surface area (Å²) in [7, 11) is 0. The van der Waals surface area contributed by atoms with Crippen LogP contribution in [-0.2, 0) is 6.54 Å². The number of aromatic amines is 1. The van der Waals surface area contributed by atoms with E-state index in [2.05, 4.69) is 46.2 Å². The van der Waals surface area contributed by atoms with Crippen LogP contribution in [-0.4, -0.2) is 28.0 Å². The largest absolute Gasteiger partial charge is 0.326 e. The van der Waals surface area contributed by atoms with Crippen molar-refractivity contribution in [2.75, 3.05) is 18.4 Å². The Labute approximate surface area is 141 Å². The van der Waals surface area contributed by atoms with E-state index in [4.69, 9.17) is 0 Å². The first-order valence-electron chi connectivity index (χ1n) is 8.27. The number of benzene rings is 2. The lowest BCUT2D eigenvalue weighted by Crippen LogP contribution is -2.22. The molecule has 0 fully saturated rings. The number of para-hydroxylation sites is 1. The van der Waals surface area contributed by atoms with E-state index < -0.39 is 0 Å². The average Bonchev–Trinajstić information content (AvgIpc) is 2.61. The first-order chi connectivity index (χ1) is 11.7. The minimum Gasteiger partial charge on any atom is -0.326 e. The summed E-state index contributed by atoms with van der Waals surface area (Å²) in [5.41, 5.74) is 2.71. The first-order valence-corrected chi connectivity index (χ1v) is 8.27. The maximum Gasteiger partial charge on any atom is 0.260 e. The van der Waals surface area contributed by atoms with Crippen molar-refractivity contribution in [2.24, 2.45) is 0 Å². The van der Waals surface area contributed by atoms with Gasteiger partial charge in [-0.05, 0) is 42.9 Å². The molecule has 1 aromatic heterocycles. The van der Waals surface area contributed by atoms with Crippen LogP contribution < -0.4 is 10.9 Å². The van der Waals surface area contributed by atoms with Gasteiger partial charge in [-0.3, -0.25) is 14.7 Å². The standard InChI is InChI=1S/C19H22N4O/c1-3-23(4-2)13-14-9-11-15(12-10-14)20-19-21-17-8-6-5-7-16(17)18(24)22-19/h5-12H,3-4,13H2,1-2H3,(H2,20,21,22,24). The van der Waals surface area contributed by atoms with E-state index in [0.717, 1.165) is 25.3 Å². The molecule has 3 aromatic rings. The highest BCUT2D eigenvalue weighted by Crippen LogP contribution is 2.16. The molecule has 24 heavy (non-hydrogen) atoms. The number of hydrogen-bond donors (Lipinski definition) is 2. The molecule has 2 aromatic carbocycles. The van der Waals surface area contributed by atoms with E-state index in [0.29, 0.717) is 16.9 Å². The molecule has 0 spiro atoms. The molecule has 0 aliphatic heterocycles. The third-order valence-electron chi connectivity index (χ3n) is 4.13. The van der Waals surface area contributed by atoms with Crippen molar-refractivity contribution >= 4 is 22.5 Å². The molecule has 124 valence electrons. The van der Waals surface area contributed by atoms with E-state index in [1.807, 2.05) is 30.3 Å². The van der Waals surface area contributed by atoms with Gasteiger partial charge in [0.05, 0.1) is 10.9 Å². The van der Waals surface area contributed by atoms with Gasteiger partial charge in [0.2, 0.25) is 5.95 Å². The number of hydrogen-bond acceptors (Lipinski definition) is 4. The number of nitrogens with one attached hydrogen (secondary N) is 2. The molecular weight excluding hydrogens is 300 g/mol. The normalized spacial score (nSPS) is 11.1. The fraction of sp³-hybridized carbons (Fsp3) is 0.263. The lowest BCUT2D eigenvalue weighted by Gasteiger charge is -2.18. The lowest BCUT2D eigenvalue weighted by molar-refractivity contribution is 0.296. The molecule has 0 unspecified atom stereocenters. The van der Waals surface area contributed by atoms with Crippen LogP contribution in [0.2, 0.25) is 0 Å². The lowest BCUT2D eigenvalue weighted by atomic mass is 10.2. The Morgan fingerprint density at radius 2 is 1.75 bits per heavy atom. The Kier molecular flexibility index (Phi) is 4.91. The molecule has 0 aliphatic carbocycles. The van der Waals surface area contributed by atoms with Gasteiger partial charge < -0.3 is 5.32 Å². The summed E-state index contributed by atoms with van der Waals surface area (Å²) in [4.78, 5) is 21.7. The molecule has 0 amide bonds. The van der Waals surface area contributed by atoms with Crippen LogP contribution >= 0.6 is 0 Å². The second kappa shape index (κ2) is 7.27. The van der Waals surface area contributed by atoms with Crippen LogP contribution in [0.4, 0.5) is 11.6 Å². The Hall–Kier alpha value is -2.66. The second-order valence-corrected chi connectivity index (χ2v) is 5.71. The van der Waals surface area contributed by atoms with E-state index in [1.54, 1.807) is 6.07 Å². The molecule has 2 N–H and O–H groups in total. The van der Waals surface area contributed by atoms with Crippen LogP contribution in [0.15, 0.2) is 53.3 Å². The molecule has 0 bridgehead atoms. The van der Waals surface area contributed by atoms with Crippen LogP contribution in [0, 0.1) is 0 Å². The Morgan fingerprint density at radius 3 is 2.46 bits per heavy atom. The summed E-state index contributed by atoms with van der Waals surface area (Å²) in [6, 6.07) is 15.5. The molecule has 5 nitrogen and oxygen atoms in total. The molecule has 1 heterocycles. The second-order valence-electron chi connectivity index (χ2n) is 5.71. The van der Waals surface area contributed by atoms with Crippen LogP contribution in [0.25, 0.3) is 10.9 Å².